The Hall–Kier alpha value is -3.68. The van der Waals surface area contributed by atoms with E-state index in [-0.39, 0.29) is 30.1 Å². The average molecular weight is 438 g/mol. The van der Waals surface area contributed by atoms with Crippen LogP contribution in [0.25, 0.3) is 5.69 Å². The van der Waals surface area contributed by atoms with Crippen molar-refractivity contribution in [1.82, 2.24) is 14.7 Å². The van der Waals surface area contributed by atoms with Crippen molar-refractivity contribution in [2.45, 2.75) is 33.1 Å². The fourth-order valence-corrected chi connectivity index (χ4v) is 3.04. The number of para-hydroxylation sites is 2. The third-order valence-electron chi connectivity index (χ3n) is 4.86. The highest BCUT2D eigenvalue weighted by atomic mass is 19.1. The van der Waals surface area contributed by atoms with Gasteiger partial charge in [0, 0.05) is 18.0 Å². The Morgan fingerprint density at radius 3 is 2.31 bits per heavy atom. The molecule has 0 saturated heterocycles. The molecule has 0 atom stereocenters. The van der Waals surface area contributed by atoms with Crippen LogP contribution in [0.5, 0.6) is 0 Å². The number of nitrogens with one attached hydrogen (secondary N) is 2. The van der Waals surface area contributed by atoms with Gasteiger partial charge in [0.05, 0.1) is 17.1 Å². The van der Waals surface area contributed by atoms with Crippen LogP contribution in [-0.4, -0.2) is 39.7 Å². The zero-order valence-corrected chi connectivity index (χ0v) is 18.7. The number of benzene rings is 2. The molecule has 0 aliphatic heterocycles. The molecule has 8 heteroatoms. The van der Waals surface area contributed by atoms with Crippen LogP contribution in [0.3, 0.4) is 0 Å². The predicted octanol–water partition coefficient (Wildman–Crippen LogP) is 4.80. The molecular formula is C24H28FN5O2. The van der Waals surface area contributed by atoms with Gasteiger partial charge in [-0.25, -0.2) is 13.9 Å². The van der Waals surface area contributed by atoms with Gasteiger partial charge in [0.1, 0.15) is 18.2 Å². The van der Waals surface area contributed by atoms with E-state index >= 15 is 0 Å². The maximum absolute atomic E-state index is 13.8. The van der Waals surface area contributed by atoms with Crippen molar-refractivity contribution in [2.75, 3.05) is 23.7 Å². The number of amides is 3. The highest BCUT2D eigenvalue weighted by molar-refractivity contribution is 5.96. The van der Waals surface area contributed by atoms with Crippen LogP contribution in [0.1, 0.15) is 33.4 Å². The Bertz CT molecular complexity index is 1090. The molecule has 3 rings (SSSR count). The van der Waals surface area contributed by atoms with Crippen molar-refractivity contribution in [3.63, 3.8) is 0 Å². The molecule has 2 aromatic carbocycles. The molecule has 0 aliphatic rings. The quantitative estimate of drug-likeness (QED) is 0.581. The number of urea groups is 1. The second kappa shape index (κ2) is 9.64. The van der Waals surface area contributed by atoms with Gasteiger partial charge in [-0.2, -0.15) is 5.10 Å². The monoisotopic (exact) mass is 437 g/mol. The molecule has 3 amide bonds. The lowest BCUT2D eigenvalue weighted by Gasteiger charge is -2.21. The number of nitrogens with zero attached hydrogens (tertiary/aromatic N) is 3. The van der Waals surface area contributed by atoms with Crippen molar-refractivity contribution in [3.8, 4) is 5.69 Å². The first-order valence-electron chi connectivity index (χ1n) is 10.5. The molecule has 32 heavy (non-hydrogen) atoms. The van der Waals surface area contributed by atoms with Crippen molar-refractivity contribution in [2.24, 2.45) is 0 Å². The van der Waals surface area contributed by atoms with Crippen LogP contribution >= 0.6 is 0 Å². The van der Waals surface area contributed by atoms with Gasteiger partial charge in [0.15, 0.2) is 0 Å². The number of rotatable bonds is 6. The summed E-state index contributed by atoms with van der Waals surface area (Å²) < 4.78 is 15.5. The van der Waals surface area contributed by atoms with E-state index in [0.717, 1.165) is 11.4 Å². The Morgan fingerprint density at radius 2 is 1.69 bits per heavy atom. The van der Waals surface area contributed by atoms with Crippen LogP contribution in [0.2, 0.25) is 0 Å². The summed E-state index contributed by atoms with van der Waals surface area (Å²) >= 11 is 0. The second-order valence-electron chi connectivity index (χ2n) is 8.38. The molecule has 0 unspecified atom stereocenters. The van der Waals surface area contributed by atoms with Crippen LogP contribution < -0.4 is 10.6 Å². The van der Waals surface area contributed by atoms with Crippen LogP contribution in [0.15, 0.2) is 60.7 Å². The number of likely N-dealkylation sites (N-methyl/N-ethyl adjacent to an activating group) is 1. The van der Waals surface area contributed by atoms with Gasteiger partial charge in [-0.1, -0.05) is 51.1 Å². The minimum atomic E-state index is -0.556. The van der Waals surface area contributed by atoms with Gasteiger partial charge < -0.3 is 15.5 Å². The van der Waals surface area contributed by atoms with E-state index in [1.165, 1.54) is 23.1 Å². The molecule has 168 valence electrons. The fraction of sp³-hybridized carbons (Fsp3) is 0.292. The Balaban J connectivity index is 1.76. The maximum atomic E-state index is 13.8. The molecule has 2 N–H and O–H groups in total. The first kappa shape index (κ1) is 23.0. The zero-order valence-electron chi connectivity index (χ0n) is 18.7. The zero-order chi connectivity index (χ0) is 23.3. The third-order valence-corrected chi connectivity index (χ3v) is 4.86. The topological polar surface area (TPSA) is 79.3 Å². The summed E-state index contributed by atoms with van der Waals surface area (Å²) in [6.45, 7) is 7.97. The molecule has 0 spiro atoms. The molecule has 3 aromatic rings. The Morgan fingerprint density at radius 1 is 1.03 bits per heavy atom. The van der Waals surface area contributed by atoms with Gasteiger partial charge in [-0.15, -0.1) is 0 Å². The summed E-state index contributed by atoms with van der Waals surface area (Å²) in [5, 5.41) is 10.0. The molecule has 1 aromatic heterocycles. The first-order chi connectivity index (χ1) is 15.2. The SMILES string of the molecule is CCN(CC(=O)Nc1cc(C(C)(C)C)nn1-c1ccccc1)C(=O)Nc1ccccc1F. The number of hydrogen-bond acceptors (Lipinski definition) is 3. The van der Waals surface area contributed by atoms with E-state index in [4.69, 9.17) is 0 Å². The molecular weight excluding hydrogens is 409 g/mol. The number of hydrogen-bond donors (Lipinski definition) is 2. The van der Waals surface area contributed by atoms with Crippen molar-refractivity contribution < 1.29 is 14.0 Å². The minimum Gasteiger partial charge on any atom is -0.315 e. The number of carbonyl (C=O) groups excluding carboxylic acids is 2. The van der Waals surface area contributed by atoms with Crippen molar-refractivity contribution >= 4 is 23.4 Å². The highest BCUT2D eigenvalue weighted by Gasteiger charge is 2.23. The van der Waals surface area contributed by atoms with Crippen LogP contribution in [-0.2, 0) is 10.2 Å². The lowest BCUT2D eigenvalue weighted by Crippen LogP contribution is -2.40. The fourth-order valence-electron chi connectivity index (χ4n) is 3.04. The highest BCUT2D eigenvalue weighted by Crippen LogP contribution is 2.26. The number of anilines is 2. The predicted molar refractivity (Wildman–Crippen MR) is 124 cm³/mol. The third kappa shape index (κ3) is 5.51. The average Bonchev–Trinajstić information content (AvgIpc) is 3.18. The molecule has 0 aliphatic carbocycles. The number of aromatic nitrogens is 2. The molecule has 0 fully saturated rings. The normalized spacial score (nSPS) is 11.2. The second-order valence-corrected chi connectivity index (χ2v) is 8.38. The van der Waals surface area contributed by atoms with Gasteiger partial charge in [-0.3, -0.25) is 4.79 Å². The molecule has 0 radical (unpaired) electrons. The minimum absolute atomic E-state index is 0.0633. The van der Waals surface area contributed by atoms with E-state index < -0.39 is 11.8 Å². The Kier molecular flexibility index (Phi) is 6.92. The smallest absolute Gasteiger partial charge is 0.315 e. The van der Waals surface area contributed by atoms with E-state index in [9.17, 15) is 14.0 Å². The van der Waals surface area contributed by atoms with Crippen LogP contribution in [0, 0.1) is 5.82 Å². The van der Waals surface area contributed by atoms with E-state index in [0.29, 0.717) is 5.82 Å². The lowest BCUT2D eigenvalue weighted by molar-refractivity contribution is -0.116. The summed E-state index contributed by atoms with van der Waals surface area (Å²) in [6, 6.07) is 16.7. The summed E-state index contributed by atoms with van der Waals surface area (Å²) in [6.07, 6.45) is 0. The number of halogens is 1. The standard InChI is InChI=1S/C24H28FN5O2/c1-5-29(23(32)26-19-14-10-9-13-18(19)25)16-22(31)27-21-15-20(24(2,3)4)28-30(21)17-11-7-6-8-12-17/h6-15H,5,16H2,1-4H3,(H,26,32)(H,27,31). The first-order valence-corrected chi connectivity index (χ1v) is 10.5. The largest absolute Gasteiger partial charge is 0.322 e. The number of carbonyl (C=O) groups is 2. The summed E-state index contributed by atoms with van der Waals surface area (Å²) in [5.41, 5.74) is 1.48. The lowest BCUT2D eigenvalue weighted by atomic mass is 9.92. The molecule has 7 nitrogen and oxygen atoms in total. The van der Waals surface area contributed by atoms with E-state index in [1.807, 2.05) is 57.2 Å². The molecule has 1 heterocycles. The van der Waals surface area contributed by atoms with Crippen LogP contribution in [0.4, 0.5) is 20.7 Å². The van der Waals surface area contributed by atoms with Crippen molar-refractivity contribution in [1.29, 1.82) is 0 Å². The van der Waals surface area contributed by atoms with Gasteiger partial charge >= 0.3 is 6.03 Å². The van der Waals surface area contributed by atoms with Gasteiger partial charge in [-0.05, 0) is 31.2 Å². The Labute approximate surface area is 187 Å². The molecule has 0 saturated carbocycles. The van der Waals surface area contributed by atoms with Crippen molar-refractivity contribution in [3.05, 3.63) is 72.2 Å². The summed E-state index contributed by atoms with van der Waals surface area (Å²) in [5.74, 6) is -0.410. The van der Waals surface area contributed by atoms with Gasteiger partial charge in [0.25, 0.3) is 0 Å². The summed E-state index contributed by atoms with van der Waals surface area (Å²) in [7, 11) is 0. The molecule has 0 bridgehead atoms. The van der Waals surface area contributed by atoms with E-state index in [1.54, 1.807) is 17.7 Å². The van der Waals surface area contributed by atoms with E-state index in [2.05, 4.69) is 15.7 Å². The summed E-state index contributed by atoms with van der Waals surface area (Å²) in [4.78, 5) is 26.7. The maximum Gasteiger partial charge on any atom is 0.322 e. The van der Waals surface area contributed by atoms with Gasteiger partial charge in [0.2, 0.25) is 5.91 Å².